The fourth-order valence-corrected chi connectivity index (χ4v) is 7.78. The molecular formula is C38H28N2O5. The fourth-order valence-electron chi connectivity index (χ4n) is 7.78. The maximum absolute atomic E-state index is 15.0. The van der Waals surface area contributed by atoms with Crippen LogP contribution in [-0.4, -0.2) is 48.6 Å². The molecule has 1 saturated heterocycles. The Hall–Kier alpha value is -5.56. The molecule has 3 atom stereocenters. The zero-order chi connectivity index (χ0) is 30.9. The zero-order valence-corrected chi connectivity index (χ0v) is 24.6. The Morgan fingerprint density at radius 3 is 2.22 bits per heavy atom. The van der Waals surface area contributed by atoms with Gasteiger partial charge in [0.15, 0.2) is 28.8 Å². The number of methoxy groups -OCH3 is 2. The van der Waals surface area contributed by atoms with E-state index in [9.17, 15) is 14.4 Å². The van der Waals surface area contributed by atoms with Gasteiger partial charge in [0.1, 0.15) is 11.5 Å². The van der Waals surface area contributed by atoms with Gasteiger partial charge in [-0.05, 0) is 29.3 Å². The molecule has 5 aromatic rings. The summed E-state index contributed by atoms with van der Waals surface area (Å²) in [6.45, 7) is 0. The highest BCUT2D eigenvalue weighted by molar-refractivity contribution is 6.32. The predicted octanol–water partition coefficient (Wildman–Crippen LogP) is 6.57. The van der Waals surface area contributed by atoms with Gasteiger partial charge >= 0.3 is 0 Å². The van der Waals surface area contributed by atoms with Crippen molar-refractivity contribution in [1.82, 2.24) is 4.98 Å². The van der Waals surface area contributed by atoms with Crippen molar-refractivity contribution in [2.75, 3.05) is 19.1 Å². The van der Waals surface area contributed by atoms with Gasteiger partial charge in [0.05, 0.1) is 31.5 Å². The molecule has 7 nitrogen and oxygen atoms in total. The second kappa shape index (κ2) is 9.99. The number of fused-ring (bicyclic) bond motifs is 7. The molecule has 0 saturated carbocycles. The molecule has 220 valence electrons. The number of carbonyl (C=O) groups is 3. The lowest BCUT2D eigenvalue weighted by molar-refractivity contribution is 0.0665. The lowest BCUT2D eigenvalue weighted by Crippen LogP contribution is -2.48. The first-order chi connectivity index (χ1) is 22.0. The van der Waals surface area contributed by atoms with Crippen molar-refractivity contribution in [2.45, 2.75) is 18.0 Å². The van der Waals surface area contributed by atoms with Crippen LogP contribution >= 0.6 is 0 Å². The van der Waals surface area contributed by atoms with Gasteiger partial charge in [0.2, 0.25) is 0 Å². The van der Waals surface area contributed by atoms with Gasteiger partial charge < -0.3 is 14.4 Å². The maximum atomic E-state index is 15.0. The van der Waals surface area contributed by atoms with Crippen LogP contribution < -0.4 is 14.4 Å². The highest BCUT2D eigenvalue weighted by Crippen LogP contribution is 2.62. The van der Waals surface area contributed by atoms with E-state index in [4.69, 9.17) is 14.5 Å². The number of carbonyl (C=O) groups excluding carboxylic acids is 3. The van der Waals surface area contributed by atoms with E-state index in [1.165, 1.54) is 0 Å². The molecule has 0 N–H and O–H groups in total. The molecule has 1 aromatic heterocycles. The number of anilines is 1. The van der Waals surface area contributed by atoms with Crippen LogP contribution in [0.15, 0.2) is 109 Å². The first kappa shape index (κ1) is 27.0. The molecule has 3 heterocycles. The zero-order valence-electron chi connectivity index (χ0n) is 24.6. The summed E-state index contributed by atoms with van der Waals surface area (Å²) >= 11 is 0. The summed E-state index contributed by atoms with van der Waals surface area (Å²) in [5.41, 5.74) is 2.53. The van der Waals surface area contributed by atoms with Gasteiger partial charge in [-0.2, -0.15) is 0 Å². The Labute approximate surface area is 259 Å². The van der Waals surface area contributed by atoms with Crippen molar-refractivity contribution in [2.24, 2.45) is 5.41 Å². The molecule has 2 aliphatic heterocycles. The van der Waals surface area contributed by atoms with Crippen LogP contribution in [0.4, 0.5) is 5.69 Å². The minimum Gasteiger partial charge on any atom is -0.493 e. The normalized spacial score (nSPS) is 20.7. The maximum Gasteiger partial charge on any atom is 0.185 e. The van der Waals surface area contributed by atoms with Gasteiger partial charge in [-0.3, -0.25) is 19.4 Å². The molecule has 1 aliphatic carbocycles. The van der Waals surface area contributed by atoms with Crippen LogP contribution in [0.25, 0.3) is 17.0 Å². The van der Waals surface area contributed by atoms with Gasteiger partial charge in [-0.15, -0.1) is 0 Å². The number of ether oxygens (including phenoxy) is 2. The number of Topliss-reactive ketones (excluding diaryl/α,β-unsaturated/α-hetero) is 3. The van der Waals surface area contributed by atoms with Gasteiger partial charge in [-0.25, -0.2) is 0 Å². The Morgan fingerprint density at radius 2 is 1.51 bits per heavy atom. The van der Waals surface area contributed by atoms with E-state index in [-0.39, 0.29) is 17.3 Å². The Balaban J connectivity index is 1.48. The van der Waals surface area contributed by atoms with Crippen molar-refractivity contribution in [3.63, 3.8) is 0 Å². The SMILES string of the molecule is COc1ccc([C@H]2[C@@H](C(=O)c3ccccc3)N3c4c(ccc5cccnc45)C=C[C@@H]3C23C(=O)c2ccccc2C3=O)cc1OC. The van der Waals surface area contributed by atoms with Crippen molar-refractivity contribution in [3.8, 4) is 11.5 Å². The van der Waals surface area contributed by atoms with Crippen LogP contribution in [0.2, 0.25) is 0 Å². The highest BCUT2D eigenvalue weighted by Gasteiger charge is 2.71. The average molecular weight is 593 g/mol. The summed E-state index contributed by atoms with van der Waals surface area (Å²) in [6.07, 6.45) is 5.60. The molecule has 0 amide bonds. The van der Waals surface area contributed by atoms with E-state index in [1.807, 2.05) is 65.6 Å². The van der Waals surface area contributed by atoms with Gasteiger partial charge in [0.25, 0.3) is 0 Å². The first-order valence-electron chi connectivity index (χ1n) is 14.8. The smallest absolute Gasteiger partial charge is 0.185 e. The number of rotatable bonds is 5. The van der Waals surface area contributed by atoms with Crippen LogP contribution in [0.5, 0.6) is 11.5 Å². The van der Waals surface area contributed by atoms with Crippen LogP contribution in [0.1, 0.15) is 48.1 Å². The third-order valence-corrected chi connectivity index (χ3v) is 9.63. The molecule has 0 bridgehead atoms. The molecule has 4 aromatic carbocycles. The minimum atomic E-state index is -1.64. The van der Waals surface area contributed by atoms with Crippen LogP contribution in [0.3, 0.4) is 0 Å². The number of hydrogen-bond acceptors (Lipinski definition) is 7. The van der Waals surface area contributed by atoms with Crippen LogP contribution in [0, 0.1) is 5.41 Å². The number of hydrogen-bond donors (Lipinski definition) is 0. The van der Waals surface area contributed by atoms with E-state index in [0.29, 0.717) is 39.3 Å². The number of pyridine rings is 1. The van der Waals surface area contributed by atoms with Crippen molar-refractivity contribution in [1.29, 1.82) is 0 Å². The monoisotopic (exact) mass is 592 g/mol. The van der Waals surface area contributed by atoms with E-state index in [1.54, 1.807) is 68.9 Å². The molecule has 8 rings (SSSR count). The molecule has 0 radical (unpaired) electrons. The summed E-state index contributed by atoms with van der Waals surface area (Å²) in [5.74, 6) is -0.700. The summed E-state index contributed by atoms with van der Waals surface area (Å²) in [6, 6.07) is 27.6. The standard InChI is InChI=1S/C38H28N2O5/c1-44-28-18-16-25(21-29(28)45-2)31-34(35(41)24-9-4-3-5-10-24)40-30(38(31)36(42)26-12-6-7-13-27(26)37(38)43)19-17-23-15-14-22-11-8-20-39-32(22)33(23)40/h3-21,30-31,34H,1-2H3/t30-,31+,34+/m1/s1. The Bertz CT molecular complexity index is 2050. The predicted molar refractivity (Wildman–Crippen MR) is 171 cm³/mol. The number of benzene rings is 4. The fraction of sp³-hybridized carbons (Fsp3) is 0.158. The number of ketones is 3. The van der Waals surface area contributed by atoms with Gasteiger partial charge in [0, 0.05) is 34.2 Å². The molecule has 45 heavy (non-hydrogen) atoms. The third kappa shape index (κ3) is 3.58. The summed E-state index contributed by atoms with van der Waals surface area (Å²) in [7, 11) is 3.09. The highest BCUT2D eigenvalue weighted by atomic mass is 16.5. The summed E-state index contributed by atoms with van der Waals surface area (Å²) < 4.78 is 11.2. The van der Waals surface area contributed by atoms with E-state index in [2.05, 4.69) is 0 Å². The molecule has 7 heteroatoms. The Kier molecular flexibility index (Phi) is 6.00. The van der Waals surface area contributed by atoms with Crippen molar-refractivity contribution < 1.29 is 23.9 Å². The molecule has 3 aliphatic rings. The average Bonchev–Trinajstić information content (AvgIpc) is 3.53. The van der Waals surface area contributed by atoms with E-state index >= 15 is 0 Å². The largest absolute Gasteiger partial charge is 0.493 e. The lowest BCUT2D eigenvalue weighted by atomic mass is 9.64. The summed E-state index contributed by atoms with van der Waals surface area (Å²) in [4.78, 5) is 51.7. The van der Waals surface area contributed by atoms with Gasteiger partial charge in [-0.1, -0.05) is 91.0 Å². The van der Waals surface area contributed by atoms with E-state index in [0.717, 1.165) is 16.6 Å². The lowest BCUT2D eigenvalue weighted by Gasteiger charge is -2.37. The molecule has 1 spiro atoms. The molecular weight excluding hydrogens is 564 g/mol. The second-order valence-corrected chi connectivity index (χ2v) is 11.6. The van der Waals surface area contributed by atoms with E-state index < -0.39 is 23.4 Å². The number of nitrogens with zero attached hydrogens (tertiary/aromatic N) is 2. The second-order valence-electron chi connectivity index (χ2n) is 11.6. The topological polar surface area (TPSA) is 85.8 Å². The minimum absolute atomic E-state index is 0.192. The first-order valence-corrected chi connectivity index (χ1v) is 14.8. The Morgan fingerprint density at radius 1 is 0.800 bits per heavy atom. The molecule has 1 fully saturated rings. The van der Waals surface area contributed by atoms with Crippen molar-refractivity contribution in [3.05, 3.63) is 137 Å². The van der Waals surface area contributed by atoms with Crippen LogP contribution in [-0.2, 0) is 0 Å². The quantitative estimate of drug-likeness (QED) is 0.169. The number of aromatic nitrogens is 1. The molecule has 0 unspecified atom stereocenters. The van der Waals surface area contributed by atoms with Crippen molar-refractivity contribution >= 4 is 40.0 Å². The summed E-state index contributed by atoms with van der Waals surface area (Å²) in [5, 5.41) is 0.896. The third-order valence-electron chi connectivity index (χ3n) is 9.63.